The molecule has 2 fully saturated rings. The second kappa shape index (κ2) is 6.82. The van der Waals surface area contributed by atoms with Gasteiger partial charge in [-0.1, -0.05) is 0 Å². The Labute approximate surface area is 170 Å². The predicted octanol–water partition coefficient (Wildman–Crippen LogP) is 2.36. The molecule has 1 saturated heterocycles. The summed E-state index contributed by atoms with van der Waals surface area (Å²) < 4.78 is 1.92. The smallest absolute Gasteiger partial charge is 0.254 e. The highest BCUT2D eigenvalue weighted by atomic mass is 16.2. The van der Waals surface area contributed by atoms with Crippen LogP contribution in [0.4, 0.5) is 0 Å². The number of fused-ring (bicyclic) bond motifs is 2. The van der Waals surface area contributed by atoms with Crippen LogP contribution in [0.2, 0.25) is 0 Å². The number of hydrogen-bond acceptors (Lipinski definition) is 4. The van der Waals surface area contributed by atoms with E-state index >= 15 is 0 Å². The van der Waals surface area contributed by atoms with E-state index in [9.17, 15) is 9.59 Å². The van der Waals surface area contributed by atoms with Gasteiger partial charge in [0.1, 0.15) is 5.82 Å². The number of likely N-dealkylation sites (tertiary alicyclic amines) is 1. The largest absolute Gasteiger partial charge is 0.343 e. The van der Waals surface area contributed by atoms with Crippen LogP contribution in [0.3, 0.4) is 0 Å². The zero-order chi connectivity index (χ0) is 20.2. The fourth-order valence-electron chi connectivity index (χ4n) is 5.15. The first-order valence-corrected chi connectivity index (χ1v) is 10.9. The van der Waals surface area contributed by atoms with Gasteiger partial charge in [0.25, 0.3) is 5.56 Å². The zero-order valence-corrected chi connectivity index (χ0v) is 17.3. The molecule has 0 atom stereocenters. The Kier molecular flexibility index (Phi) is 4.37. The third kappa shape index (κ3) is 3.30. The fraction of sp³-hybridized carbons (Fsp3) is 0.636. The number of amides is 1. The number of hydrogen-bond donors (Lipinski definition) is 1. The van der Waals surface area contributed by atoms with Crippen molar-refractivity contribution in [3.63, 3.8) is 0 Å². The highest BCUT2D eigenvalue weighted by Gasteiger charge is 2.45. The Bertz CT molecular complexity index is 1010. The van der Waals surface area contributed by atoms with Crippen molar-refractivity contribution in [3.05, 3.63) is 44.9 Å². The molecule has 0 unspecified atom stereocenters. The van der Waals surface area contributed by atoms with Crippen molar-refractivity contribution in [2.45, 2.75) is 76.7 Å². The molecule has 5 rings (SSSR count). The van der Waals surface area contributed by atoms with Gasteiger partial charge in [-0.15, -0.1) is 0 Å². The Balaban J connectivity index is 1.26. The molecule has 2 aromatic rings. The van der Waals surface area contributed by atoms with Crippen LogP contribution in [-0.2, 0) is 23.2 Å². The summed E-state index contributed by atoms with van der Waals surface area (Å²) in [5.41, 5.74) is 4.06. The van der Waals surface area contributed by atoms with Gasteiger partial charge in [0.05, 0.1) is 11.4 Å². The molecular weight excluding hydrogens is 366 g/mol. The first-order chi connectivity index (χ1) is 13.9. The summed E-state index contributed by atoms with van der Waals surface area (Å²) in [6.45, 7) is 6.13. The Morgan fingerprint density at radius 1 is 1.24 bits per heavy atom. The molecule has 7 nitrogen and oxygen atoms in total. The summed E-state index contributed by atoms with van der Waals surface area (Å²) in [6.07, 6.45) is 6.36. The van der Waals surface area contributed by atoms with Crippen LogP contribution in [0.25, 0.3) is 0 Å². The number of aryl methyl sites for hydroxylation is 3. The molecule has 29 heavy (non-hydrogen) atoms. The normalized spacial score (nSPS) is 20.3. The van der Waals surface area contributed by atoms with E-state index in [0.717, 1.165) is 80.1 Å². The molecule has 3 aliphatic rings. The van der Waals surface area contributed by atoms with Crippen LogP contribution in [-0.4, -0.2) is 43.6 Å². The van der Waals surface area contributed by atoms with E-state index in [2.05, 4.69) is 10.1 Å². The number of carbonyl (C=O) groups is 1. The predicted molar refractivity (Wildman–Crippen MR) is 109 cm³/mol. The molecule has 1 amide bonds. The Morgan fingerprint density at radius 3 is 2.66 bits per heavy atom. The number of piperidine rings is 1. The maximum Gasteiger partial charge on any atom is 0.254 e. The molecule has 1 spiro atoms. The van der Waals surface area contributed by atoms with E-state index in [1.807, 2.05) is 29.5 Å². The lowest BCUT2D eigenvalue weighted by Gasteiger charge is -2.39. The molecule has 1 saturated carbocycles. The van der Waals surface area contributed by atoms with Crippen molar-refractivity contribution in [1.29, 1.82) is 0 Å². The summed E-state index contributed by atoms with van der Waals surface area (Å²) in [5.74, 6) is 1.53. The van der Waals surface area contributed by atoms with Crippen molar-refractivity contribution in [2.75, 3.05) is 13.1 Å². The van der Waals surface area contributed by atoms with Gasteiger partial charge in [0.15, 0.2) is 0 Å². The summed E-state index contributed by atoms with van der Waals surface area (Å²) >= 11 is 0. The molecule has 0 bridgehead atoms. The van der Waals surface area contributed by atoms with Gasteiger partial charge in [-0.05, 0) is 58.4 Å². The van der Waals surface area contributed by atoms with E-state index in [1.54, 1.807) is 0 Å². The van der Waals surface area contributed by atoms with Crippen LogP contribution in [0, 0.1) is 13.8 Å². The number of H-pyrrole nitrogens is 1. The van der Waals surface area contributed by atoms with Gasteiger partial charge in [-0.2, -0.15) is 5.10 Å². The van der Waals surface area contributed by atoms with Gasteiger partial charge in [-0.25, -0.2) is 4.98 Å². The van der Waals surface area contributed by atoms with Crippen LogP contribution in [0.1, 0.15) is 72.9 Å². The minimum Gasteiger partial charge on any atom is -0.343 e. The maximum atomic E-state index is 12.8. The van der Waals surface area contributed by atoms with Gasteiger partial charge in [0.2, 0.25) is 5.91 Å². The SMILES string of the molecule is Cc1cc(C)n(CCC(=O)N2CCC3(CCc4c3nc(C3CC3)[nH]c4=O)CC2)n1. The number of aromatic nitrogens is 4. The molecule has 154 valence electrons. The topological polar surface area (TPSA) is 83.9 Å². The molecule has 1 N–H and O–H groups in total. The van der Waals surface area contributed by atoms with Crippen LogP contribution < -0.4 is 5.56 Å². The standard InChI is InChI=1S/C22H29N5O2/c1-14-13-15(2)27(25-14)10-6-18(28)26-11-8-22(9-12-26)7-5-17-19(22)23-20(16-3-4-16)24-21(17)29/h13,16H,3-12H2,1-2H3,(H,23,24,29). The van der Waals surface area contributed by atoms with Crippen molar-refractivity contribution >= 4 is 5.91 Å². The van der Waals surface area contributed by atoms with Crippen LogP contribution in [0.5, 0.6) is 0 Å². The van der Waals surface area contributed by atoms with Crippen molar-refractivity contribution in [1.82, 2.24) is 24.6 Å². The maximum absolute atomic E-state index is 12.8. The second-order valence-corrected chi connectivity index (χ2v) is 9.11. The van der Waals surface area contributed by atoms with E-state index in [0.29, 0.717) is 18.9 Å². The fourth-order valence-corrected chi connectivity index (χ4v) is 5.15. The van der Waals surface area contributed by atoms with Gasteiger partial charge in [-0.3, -0.25) is 14.3 Å². The van der Waals surface area contributed by atoms with Gasteiger partial charge >= 0.3 is 0 Å². The number of nitrogens with one attached hydrogen (secondary N) is 1. The molecular formula is C22H29N5O2. The number of nitrogens with zero attached hydrogens (tertiary/aromatic N) is 4. The van der Waals surface area contributed by atoms with Crippen molar-refractivity contribution < 1.29 is 4.79 Å². The molecule has 2 aromatic heterocycles. The summed E-state index contributed by atoms with van der Waals surface area (Å²) in [7, 11) is 0. The number of carbonyl (C=O) groups excluding carboxylic acids is 1. The second-order valence-electron chi connectivity index (χ2n) is 9.11. The lowest BCUT2D eigenvalue weighted by atomic mass is 9.76. The van der Waals surface area contributed by atoms with Gasteiger partial charge in [0, 0.05) is 48.6 Å². The average Bonchev–Trinajstić information content (AvgIpc) is 3.43. The van der Waals surface area contributed by atoms with Crippen LogP contribution >= 0.6 is 0 Å². The highest BCUT2D eigenvalue weighted by Crippen LogP contribution is 2.46. The van der Waals surface area contributed by atoms with E-state index < -0.39 is 0 Å². The molecule has 0 radical (unpaired) electrons. The minimum absolute atomic E-state index is 0.0142. The highest BCUT2D eigenvalue weighted by molar-refractivity contribution is 5.76. The van der Waals surface area contributed by atoms with Gasteiger partial charge < -0.3 is 9.88 Å². The summed E-state index contributed by atoms with van der Waals surface area (Å²) in [4.78, 5) is 35.2. The molecule has 1 aliphatic heterocycles. The zero-order valence-electron chi connectivity index (χ0n) is 17.3. The number of rotatable bonds is 4. The van der Waals surface area contributed by atoms with E-state index in [4.69, 9.17) is 4.98 Å². The summed E-state index contributed by atoms with van der Waals surface area (Å²) in [6, 6.07) is 2.04. The van der Waals surface area contributed by atoms with Crippen LogP contribution in [0.15, 0.2) is 10.9 Å². The molecule has 7 heteroatoms. The first kappa shape index (κ1) is 18.6. The third-order valence-corrected chi connectivity index (χ3v) is 7.07. The van der Waals surface area contributed by atoms with E-state index in [-0.39, 0.29) is 16.9 Å². The van der Waals surface area contributed by atoms with E-state index in [1.165, 1.54) is 0 Å². The molecule has 3 heterocycles. The lowest BCUT2D eigenvalue weighted by molar-refractivity contribution is -0.133. The number of aromatic amines is 1. The summed E-state index contributed by atoms with van der Waals surface area (Å²) in [5, 5.41) is 4.45. The Hall–Kier alpha value is -2.44. The third-order valence-electron chi connectivity index (χ3n) is 7.07. The lowest BCUT2D eigenvalue weighted by Crippen LogP contribution is -2.45. The Morgan fingerprint density at radius 2 is 2.00 bits per heavy atom. The molecule has 2 aliphatic carbocycles. The monoisotopic (exact) mass is 395 g/mol. The molecule has 0 aromatic carbocycles. The average molecular weight is 396 g/mol. The van der Waals surface area contributed by atoms with Crippen molar-refractivity contribution in [2.24, 2.45) is 0 Å². The minimum atomic E-state index is -0.0142. The quantitative estimate of drug-likeness (QED) is 0.861. The first-order valence-electron chi connectivity index (χ1n) is 10.9. The van der Waals surface area contributed by atoms with Crippen molar-refractivity contribution in [3.8, 4) is 0 Å².